The molecule has 3 heterocycles. The fourth-order valence-corrected chi connectivity index (χ4v) is 4.35. The SMILES string of the molecule is CCc1nccn1[C@H]1CCCN(C(=O)c2csc(C3CC3)n2)C1. The van der Waals surface area contributed by atoms with Crippen molar-refractivity contribution in [3.05, 3.63) is 34.3 Å². The Morgan fingerprint density at radius 3 is 3.04 bits per heavy atom. The van der Waals surface area contributed by atoms with Gasteiger partial charge in [0.05, 0.1) is 11.0 Å². The molecular formula is C17H22N4OS. The monoisotopic (exact) mass is 330 g/mol. The number of carbonyl (C=O) groups excluding carboxylic acids is 1. The lowest BCUT2D eigenvalue weighted by Crippen LogP contribution is -2.41. The van der Waals surface area contributed by atoms with Crippen LogP contribution in [0, 0.1) is 0 Å². The maximum absolute atomic E-state index is 12.8. The number of aryl methyl sites for hydroxylation is 1. The highest BCUT2D eigenvalue weighted by Gasteiger charge is 2.30. The van der Waals surface area contributed by atoms with Crippen molar-refractivity contribution in [2.45, 2.75) is 51.0 Å². The number of aromatic nitrogens is 3. The zero-order chi connectivity index (χ0) is 15.8. The Hall–Kier alpha value is -1.69. The van der Waals surface area contributed by atoms with E-state index in [9.17, 15) is 4.79 Å². The predicted molar refractivity (Wildman–Crippen MR) is 89.9 cm³/mol. The van der Waals surface area contributed by atoms with E-state index in [0.717, 1.165) is 43.2 Å². The summed E-state index contributed by atoms with van der Waals surface area (Å²) in [6.07, 6.45) is 9.44. The maximum Gasteiger partial charge on any atom is 0.273 e. The lowest BCUT2D eigenvalue weighted by atomic mass is 10.0. The summed E-state index contributed by atoms with van der Waals surface area (Å²) in [4.78, 5) is 23.7. The smallest absolute Gasteiger partial charge is 0.273 e. The van der Waals surface area contributed by atoms with Crippen LogP contribution in [-0.2, 0) is 6.42 Å². The van der Waals surface area contributed by atoms with E-state index in [2.05, 4.69) is 21.5 Å². The van der Waals surface area contributed by atoms with E-state index in [1.54, 1.807) is 11.3 Å². The first kappa shape index (κ1) is 14.9. The number of hydrogen-bond donors (Lipinski definition) is 0. The van der Waals surface area contributed by atoms with E-state index >= 15 is 0 Å². The van der Waals surface area contributed by atoms with Crippen molar-refractivity contribution in [2.24, 2.45) is 0 Å². The molecular weight excluding hydrogens is 308 g/mol. The van der Waals surface area contributed by atoms with Gasteiger partial charge in [-0.2, -0.15) is 0 Å². The molecule has 1 aliphatic heterocycles. The van der Waals surface area contributed by atoms with Gasteiger partial charge in [-0.3, -0.25) is 4.79 Å². The van der Waals surface area contributed by atoms with Crippen LogP contribution in [0.4, 0.5) is 0 Å². The summed E-state index contributed by atoms with van der Waals surface area (Å²) in [6, 6.07) is 0.340. The van der Waals surface area contributed by atoms with Crippen LogP contribution >= 0.6 is 11.3 Å². The standard InChI is InChI=1S/C17H22N4OS/c1-2-15-18-7-9-21(15)13-4-3-8-20(10-13)17(22)14-11-23-16(19-14)12-5-6-12/h7,9,11-13H,2-6,8,10H2,1H3/t13-/m0/s1. The molecule has 1 saturated carbocycles. The highest BCUT2D eigenvalue weighted by atomic mass is 32.1. The molecule has 6 heteroatoms. The van der Waals surface area contributed by atoms with Gasteiger partial charge < -0.3 is 9.47 Å². The Kier molecular flexibility index (Phi) is 3.93. The minimum Gasteiger partial charge on any atom is -0.335 e. The van der Waals surface area contributed by atoms with Crippen LogP contribution in [0.25, 0.3) is 0 Å². The van der Waals surface area contributed by atoms with Gasteiger partial charge in [0.1, 0.15) is 11.5 Å². The van der Waals surface area contributed by atoms with E-state index in [0.29, 0.717) is 17.7 Å². The van der Waals surface area contributed by atoms with Crippen molar-refractivity contribution in [3.8, 4) is 0 Å². The third kappa shape index (κ3) is 2.92. The Labute approximate surface area is 140 Å². The van der Waals surface area contributed by atoms with Crippen molar-refractivity contribution in [1.29, 1.82) is 0 Å². The Bertz CT molecular complexity index is 703. The average Bonchev–Trinajstić information content (AvgIpc) is 3.14. The third-order valence-electron chi connectivity index (χ3n) is 4.81. The van der Waals surface area contributed by atoms with E-state index < -0.39 is 0 Å². The number of hydrogen-bond acceptors (Lipinski definition) is 4. The van der Waals surface area contributed by atoms with Crippen LogP contribution in [0.2, 0.25) is 0 Å². The maximum atomic E-state index is 12.8. The molecule has 0 spiro atoms. The third-order valence-corrected chi connectivity index (χ3v) is 5.82. The lowest BCUT2D eigenvalue weighted by molar-refractivity contribution is 0.0672. The van der Waals surface area contributed by atoms with Crippen molar-refractivity contribution in [3.63, 3.8) is 0 Å². The molecule has 0 bridgehead atoms. The van der Waals surface area contributed by atoms with Crippen molar-refractivity contribution in [2.75, 3.05) is 13.1 Å². The second-order valence-corrected chi connectivity index (χ2v) is 7.39. The second-order valence-electron chi connectivity index (χ2n) is 6.50. The molecule has 0 N–H and O–H groups in total. The average molecular weight is 330 g/mol. The van der Waals surface area contributed by atoms with Gasteiger partial charge in [0.2, 0.25) is 0 Å². The van der Waals surface area contributed by atoms with Crippen molar-refractivity contribution < 1.29 is 4.79 Å². The molecule has 2 fully saturated rings. The molecule has 2 aliphatic rings. The van der Waals surface area contributed by atoms with Gasteiger partial charge in [0, 0.05) is 43.2 Å². The molecule has 2 aromatic heterocycles. The molecule has 1 amide bonds. The van der Waals surface area contributed by atoms with Crippen LogP contribution in [0.15, 0.2) is 17.8 Å². The quantitative estimate of drug-likeness (QED) is 0.864. The summed E-state index contributed by atoms with van der Waals surface area (Å²) < 4.78 is 2.25. The Morgan fingerprint density at radius 1 is 1.39 bits per heavy atom. The molecule has 2 aromatic rings. The van der Waals surface area contributed by atoms with Gasteiger partial charge in [-0.15, -0.1) is 11.3 Å². The molecule has 0 unspecified atom stereocenters. The summed E-state index contributed by atoms with van der Waals surface area (Å²) in [5.74, 6) is 1.82. The van der Waals surface area contributed by atoms with E-state index in [1.807, 2.05) is 22.7 Å². The number of likely N-dealkylation sites (tertiary alicyclic amines) is 1. The number of amides is 1. The van der Waals surface area contributed by atoms with E-state index in [1.165, 1.54) is 12.8 Å². The number of nitrogens with zero attached hydrogens (tertiary/aromatic N) is 4. The van der Waals surface area contributed by atoms with Crippen LogP contribution < -0.4 is 0 Å². The van der Waals surface area contributed by atoms with Crippen LogP contribution in [-0.4, -0.2) is 38.4 Å². The number of rotatable bonds is 4. The minimum atomic E-state index is 0.0935. The number of imidazole rings is 1. The zero-order valence-corrected chi connectivity index (χ0v) is 14.3. The van der Waals surface area contributed by atoms with E-state index in [4.69, 9.17) is 0 Å². The van der Waals surface area contributed by atoms with Crippen molar-refractivity contribution >= 4 is 17.2 Å². The molecule has 1 saturated heterocycles. The number of piperidine rings is 1. The molecule has 5 nitrogen and oxygen atoms in total. The minimum absolute atomic E-state index is 0.0935. The summed E-state index contributed by atoms with van der Waals surface area (Å²) in [5.41, 5.74) is 0.638. The van der Waals surface area contributed by atoms with Gasteiger partial charge in [-0.05, 0) is 25.7 Å². The molecule has 0 aromatic carbocycles. The molecule has 1 atom stereocenters. The predicted octanol–water partition coefficient (Wildman–Crippen LogP) is 3.26. The van der Waals surface area contributed by atoms with Crippen LogP contribution in [0.3, 0.4) is 0 Å². The first-order chi connectivity index (χ1) is 11.3. The fraction of sp³-hybridized carbons (Fsp3) is 0.588. The Morgan fingerprint density at radius 2 is 2.26 bits per heavy atom. The fourth-order valence-electron chi connectivity index (χ4n) is 3.38. The number of carbonyl (C=O) groups is 1. The lowest BCUT2D eigenvalue weighted by Gasteiger charge is -2.33. The van der Waals surface area contributed by atoms with Gasteiger partial charge in [-0.1, -0.05) is 6.92 Å². The molecule has 23 heavy (non-hydrogen) atoms. The zero-order valence-electron chi connectivity index (χ0n) is 13.4. The van der Waals surface area contributed by atoms with Gasteiger partial charge in [-0.25, -0.2) is 9.97 Å². The second kappa shape index (κ2) is 6.07. The normalized spacial score (nSPS) is 21.6. The Balaban J connectivity index is 1.48. The first-order valence-corrected chi connectivity index (χ1v) is 9.40. The topological polar surface area (TPSA) is 51.0 Å². The van der Waals surface area contributed by atoms with Gasteiger partial charge >= 0.3 is 0 Å². The van der Waals surface area contributed by atoms with Gasteiger partial charge in [0.25, 0.3) is 5.91 Å². The summed E-state index contributed by atoms with van der Waals surface area (Å²) in [6.45, 7) is 3.72. The van der Waals surface area contributed by atoms with E-state index in [-0.39, 0.29) is 5.91 Å². The highest BCUT2D eigenvalue weighted by Crippen LogP contribution is 2.41. The molecule has 122 valence electrons. The summed E-state index contributed by atoms with van der Waals surface area (Å²) >= 11 is 1.64. The summed E-state index contributed by atoms with van der Waals surface area (Å²) in [5, 5.41) is 3.08. The van der Waals surface area contributed by atoms with Crippen LogP contribution in [0.1, 0.15) is 65.9 Å². The molecule has 0 radical (unpaired) electrons. The molecule has 1 aliphatic carbocycles. The van der Waals surface area contributed by atoms with Gasteiger partial charge in [0.15, 0.2) is 0 Å². The summed E-state index contributed by atoms with van der Waals surface area (Å²) in [7, 11) is 0. The number of thiazole rings is 1. The largest absolute Gasteiger partial charge is 0.335 e. The first-order valence-electron chi connectivity index (χ1n) is 8.52. The molecule has 4 rings (SSSR count). The highest BCUT2D eigenvalue weighted by molar-refractivity contribution is 7.10. The van der Waals surface area contributed by atoms with Crippen LogP contribution in [0.5, 0.6) is 0 Å². The van der Waals surface area contributed by atoms with Crippen molar-refractivity contribution in [1.82, 2.24) is 19.4 Å².